The number of carboxylic acid groups (broad SMARTS) is 1. The zero-order valence-electron chi connectivity index (χ0n) is 21.7. The molecule has 0 aliphatic heterocycles. The van der Waals surface area contributed by atoms with Gasteiger partial charge in [-0.3, -0.25) is 0 Å². The number of aliphatic carboxylic acids is 1. The van der Waals surface area contributed by atoms with Crippen molar-refractivity contribution in [2.75, 3.05) is 13.7 Å². The number of aryl methyl sites for hydroxylation is 2. The monoisotopic (exact) mass is 566 g/mol. The minimum absolute atomic E-state index is 0.159. The molecule has 7 nitrogen and oxygen atoms in total. The number of benzene rings is 3. The molecule has 0 amide bonds. The van der Waals surface area contributed by atoms with Crippen molar-refractivity contribution in [2.45, 2.75) is 32.0 Å². The van der Waals surface area contributed by atoms with Crippen molar-refractivity contribution in [2.24, 2.45) is 0 Å². The number of hydrogen-bond acceptors (Lipinski definition) is 6. The van der Waals surface area contributed by atoms with Crippen molar-refractivity contribution in [3.63, 3.8) is 0 Å². The van der Waals surface area contributed by atoms with E-state index in [1.54, 1.807) is 61.5 Å². The predicted molar refractivity (Wildman–Crippen MR) is 150 cm³/mol. The molecule has 39 heavy (non-hydrogen) atoms. The van der Waals surface area contributed by atoms with E-state index >= 15 is 0 Å². The largest absolute Gasteiger partial charge is 0.481 e. The molecule has 0 saturated heterocycles. The van der Waals surface area contributed by atoms with Gasteiger partial charge in [-0.2, -0.15) is 4.98 Å². The fourth-order valence-corrected chi connectivity index (χ4v) is 4.53. The molecule has 202 valence electrons. The van der Waals surface area contributed by atoms with Gasteiger partial charge in [0.05, 0.1) is 13.7 Å². The Kier molecular flexibility index (Phi) is 9.07. The maximum Gasteiger partial charge on any atom is 0.348 e. The highest BCUT2D eigenvalue weighted by Gasteiger charge is 2.50. The summed E-state index contributed by atoms with van der Waals surface area (Å²) in [4.78, 5) is 21.5. The quantitative estimate of drug-likeness (QED) is 0.223. The van der Waals surface area contributed by atoms with Crippen LogP contribution in [0.15, 0.2) is 78.9 Å². The second-order valence-electron chi connectivity index (χ2n) is 9.00. The minimum Gasteiger partial charge on any atom is -0.481 e. The molecule has 3 aromatic carbocycles. The van der Waals surface area contributed by atoms with E-state index in [4.69, 9.17) is 37.4 Å². The molecule has 0 radical (unpaired) electrons. The van der Waals surface area contributed by atoms with Crippen LogP contribution in [-0.4, -0.2) is 40.9 Å². The molecule has 1 unspecified atom stereocenters. The second kappa shape index (κ2) is 12.5. The van der Waals surface area contributed by atoms with E-state index in [-0.39, 0.29) is 18.5 Å². The first-order valence-corrected chi connectivity index (χ1v) is 13.0. The third-order valence-corrected chi connectivity index (χ3v) is 6.73. The Bertz CT molecular complexity index is 1370. The standard InChI is InChI=1S/C30H28Cl2N2O5/c1-19-4-6-21(7-5-19)16-17-38-30(22-8-12-24(31)13-9-22,23-10-14-25(32)15-11-23)27(28(35)36)39-29-33-20(2)18-26(34-29)37-3/h4-15,18,27H,16-17H2,1-3H3,(H,35,36). The summed E-state index contributed by atoms with van der Waals surface area (Å²) in [5.74, 6) is -1.04. The van der Waals surface area contributed by atoms with Crippen molar-refractivity contribution in [1.29, 1.82) is 0 Å². The van der Waals surface area contributed by atoms with E-state index in [0.717, 1.165) is 11.1 Å². The lowest BCUT2D eigenvalue weighted by Gasteiger charge is -2.39. The van der Waals surface area contributed by atoms with Crippen molar-refractivity contribution >= 4 is 29.2 Å². The van der Waals surface area contributed by atoms with Crippen molar-refractivity contribution < 1.29 is 24.1 Å². The van der Waals surface area contributed by atoms with Crippen LogP contribution in [0, 0.1) is 13.8 Å². The Morgan fingerprint density at radius 3 is 1.97 bits per heavy atom. The zero-order chi connectivity index (χ0) is 28.0. The third kappa shape index (κ3) is 6.68. The van der Waals surface area contributed by atoms with E-state index in [2.05, 4.69) is 9.97 Å². The molecule has 1 N–H and O–H groups in total. The summed E-state index contributed by atoms with van der Waals surface area (Å²) in [6, 6.07) is 23.1. The molecule has 1 heterocycles. The lowest BCUT2D eigenvalue weighted by molar-refractivity contribution is -0.164. The average molecular weight is 567 g/mol. The highest BCUT2D eigenvalue weighted by Crippen LogP contribution is 2.40. The number of rotatable bonds is 11. The van der Waals surface area contributed by atoms with Crippen LogP contribution in [0.25, 0.3) is 0 Å². The fourth-order valence-electron chi connectivity index (χ4n) is 4.27. The average Bonchev–Trinajstić information content (AvgIpc) is 2.92. The summed E-state index contributed by atoms with van der Waals surface area (Å²) >= 11 is 12.4. The van der Waals surface area contributed by atoms with Crippen LogP contribution in [0.1, 0.15) is 27.9 Å². The fraction of sp³-hybridized carbons (Fsp3) is 0.233. The van der Waals surface area contributed by atoms with E-state index in [1.165, 1.54) is 7.11 Å². The number of hydrogen-bond donors (Lipinski definition) is 1. The molecule has 0 saturated carbocycles. The zero-order valence-corrected chi connectivity index (χ0v) is 23.2. The molecule has 4 aromatic rings. The first-order valence-electron chi connectivity index (χ1n) is 12.2. The lowest BCUT2D eigenvalue weighted by atomic mass is 9.81. The van der Waals surface area contributed by atoms with Crippen molar-refractivity contribution in [3.8, 4) is 11.9 Å². The van der Waals surface area contributed by atoms with Gasteiger partial charge >= 0.3 is 12.0 Å². The van der Waals surface area contributed by atoms with E-state index in [0.29, 0.717) is 33.3 Å². The van der Waals surface area contributed by atoms with Crippen LogP contribution in [0.2, 0.25) is 10.0 Å². The third-order valence-electron chi connectivity index (χ3n) is 6.22. The Labute approximate surface area is 237 Å². The number of carbonyl (C=O) groups is 1. The molecular formula is C30H28Cl2N2O5. The van der Waals surface area contributed by atoms with Crippen LogP contribution in [0.3, 0.4) is 0 Å². The Balaban J connectivity index is 1.86. The van der Waals surface area contributed by atoms with Gasteiger partial charge in [-0.1, -0.05) is 77.3 Å². The summed E-state index contributed by atoms with van der Waals surface area (Å²) < 4.78 is 17.9. The summed E-state index contributed by atoms with van der Waals surface area (Å²) in [6.45, 7) is 3.93. The molecule has 0 spiro atoms. The van der Waals surface area contributed by atoms with Gasteiger partial charge in [0.25, 0.3) is 0 Å². The Morgan fingerprint density at radius 1 is 0.897 bits per heavy atom. The van der Waals surface area contributed by atoms with Gasteiger partial charge in [0.2, 0.25) is 12.0 Å². The van der Waals surface area contributed by atoms with Gasteiger partial charge in [-0.15, -0.1) is 0 Å². The molecule has 4 rings (SSSR count). The lowest BCUT2D eigenvalue weighted by Crippen LogP contribution is -2.51. The highest BCUT2D eigenvalue weighted by atomic mass is 35.5. The molecule has 1 atom stereocenters. The molecule has 1 aromatic heterocycles. The van der Waals surface area contributed by atoms with Gasteiger partial charge in [0.15, 0.2) is 5.60 Å². The number of aromatic nitrogens is 2. The number of halogens is 2. The molecule has 0 aliphatic carbocycles. The minimum atomic E-state index is -1.63. The molecule has 0 aliphatic rings. The molecule has 0 fully saturated rings. The Morgan fingerprint density at radius 2 is 1.46 bits per heavy atom. The van der Waals surface area contributed by atoms with Crippen molar-refractivity contribution in [3.05, 3.63) is 117 Å². The first kappa shape index (κ1) is 28.4. The normalized spacial score (nSPS) is 12.1. The molecule has 0 bridgehead atoms. The van der Waals surface area contributed by atoms with Crippen LogP contribution in [0.5, 0.6) is 11.9 Å². The van der Waals surface area contributed by atoms with Gasteiger partial charge in [0, 0.05) is 21.8 Å². The van der Waals surface area contributed by atoms with Gasteiger partial charge in [0.1, 0.15) is 0 Å². The number of ether oxygens (including phenoxy) is 3. The van der Waals surface area contributed by atoms with Crippen LogP contribution in [0.4, 0.5) is 0 Å². The van der Waals surface area contributed by atoms with Gasteiger partial charge < -0.3 is 19.3 Å². The van der Waals surface area contributed by atoms with E-state index < -0.39 is 17.7 Å². The van der Waals surface area contributed by atoms with E-state index in [1.807, 2.05) is 31.2 Å². The van der Waals surface area contributed by atoms with E-state index in [9.17, 15) is 9.90 Å². The topological polar surface area (TPSA) is 90.8 Å². The smallest absolute Gasteiger partial charge is 0.348 e. The summed E-state index contributed by atoms with van der Waals surface area (Å²) in [5, 5.41) is 11.6. The molecule has 9 heteroatoms. The summed E-state index contributed by atoms with van der Waals surface area (Å²) in [5.41, 5.74) is 2.14. The summed E-state index contributed by atoms with van der Waals surface area (Å²) in [7, 11) is 1.46. The number of carboxylic acids is 1. The maximum atomic E-state index is 13.0. The maximum absolute atomic E-state index is 13.0. The SMILES string of the molecule is COc1cc(C)nc(OC(C(=O)O)C(OCCc2ccc(C)cc2)(c2ccc(Cl)cc2)c2ccc(Cl)cc2)n1. The Hall–Kier alpha value is -3.65. The van der Waals surface area contributed by atoms with Crippen LogP contribution in [-0.2, 0) is 21.6 Å². The highest BCUT2D eigenvalue weighted by molar-refractivity contribution is 6.30. The summed E-state index contributed by atoms with van der Waals surface area (Å²) in [6.07, 6.45) is -1.08. The van der Waals surface area contributed by atoms with Crippen LogP contribution < -0.4 is 9.47 Å². The molecular weight excluding hydrogens is 539 g/mol. The van der Waals surface area contributed by atoms with Gasteiger partial charge in [-0.05, 0) is 61.2 Å². The predicted octanol–water partition coefficient (Wildman–Crippen LogP) is 6.44. The number of methoxy groups -OCH3 is 1. The first-order chi connectivity index (χ1) is 18.7. The second-order valence-corrected chi connectivity index (χ2v) is 9.88. The number of nitrogens with zero attached hydrogens (tertiary/aromatic N) is 2. The van der Waals surface area contributed by atoms with Crippen molar-refractivity contribution in [1.82, 2.24) is 9.97 Å². The van der Waals surface area contributed by atoms with Gasteiger partial charge in [-0.25, -0.2) is 9.78 Å². The van der Waals surface area contributed by atoms with Crippen LogP contribution >= 0.6 is 23.2 Å².